The van der Waals surface area contributed by atoms with Crippen LogP contribution in [0.3, 0.4) is 0 Å². The molecule has 6 aliphatic rings. The van der Waals surface area contributed by atoms with E-state index in [4.69, 9.17) is 0 Å². The van der Waals surface area contributed by atoms with Crippen molar-refractivity contribution in [2.24, 2.45) is 0 Å². The highest BCUT2D eigenvalue weighted by Gasteiger charge is 2.63. The van der Waals surface area contributed by atoms with E-state index >= 15 is 0 Å². The van der Waals surface area contributed by atoms with Gasteiger partial charge in [-0.1, -0.05) is 117 Å². The molecule has 62 heavy (non-hydrogen) atoms. The predicted molar refractivity (Wildman–Crippen MR) is 264 cm³/mol. The van der Waals surface area contributed by atoms with Crippen LogP contribution in [0.2, 0.25) is 0 Å². The van der Waals surface area contributed by atoms with Crippen molar-refractivity contribution >= 4 is 39.8 Å². The van der Waals surface area contributed by atoms with E-state index in [-0.39, 0.29) is 38.7 Å². The summed E-state index contributed by atoms with van der Waals surface area (Å²) in [4.78, 5) is 8.57. The lowest BCUT2D eigenvalue weighted by Gasteiger charge is -2.54. The molecular weight excluding hydrogens is 751 g/mol. The van der Waals surface area contributed by atoms with Crippen molar-refractivity contribution in [1.82, 2.24) is 0 Å². The van der Waals surface area contributed by atoms with E-state index in [2.05, 4.69) is 184 Å². The lowest BCUT2D eigenvalue weighted by molar-refractivity contribution is 0.193. The summed E-state index contributed by atoms with van der Waals surface area (Å²) in [5.41, 5.74) is 25.8. The molecule has 0 radical (unpaired) electrons. The molecule has 5 unspecified atom stereocenters. The fourth-order valence-corrected chi connectivity index (χ4v) is 14.8. The fraction of sp³-hybridized carbons (Fsp3) is 0.492. The third-order valence-corrected chi connectivity index (χ3v) is 18.2. The Hall–Kier alpha value is -4.50. The molecule has 0 bridgehead atoms. The van der Waals surface area contributed by atoms with E-state index in [1.807, 2.05) is 0 Å². The van der Waals surface area contributed by atoms with Crippen molar-refractivity contribution in [3.63, 3.8) is 0 Å². The summed E-state index contributed by atoms with van der Waals surface area (Å²) >= 11 is 0. The summed E-state index contributed by atoms with van der Waals surface area (Å²) in [5, 5.41) is 0. The molecule has 2 aliphatic carbocycles. The molecule has 4 heterocycles. The number of hydrogen-bond donors (Lipinski definition) is 0. The Morgan fingerprint density at radius 2 is 1.10 bits per heavy atom. The summed E-state index contributed by atoms with van der Waals surface area (Å²) in [6, 6.07) is 30.0. The fourth-order valence-electron chi connectivity index (χ4n) is 14.8. The molecule has 5 aromatic rings. The topological polar surface area (TPSA) is 9.72 Å². The number of anilines is 7. The van der Waals surface area contributed by atoms with Gasteiger partial charge in [0.1, 0.15) is 0 Å². The molecule has 3 heteroatoms. The van der Waals surface area contributed by atoms with E-state index in [1.165, 1.54) is 136 Å². The first-order valence-corrected chi connectivity index (χ1v) is 24.2. The minimum atomic E-state index is -0.0609. The number of hydrogen-bond acceptors (Lipinski definition) is 3. The smallest absolute Gasteiger partial charge is 0.0545 e. The van der Waals surface area contributed by atoms with Crippen LogP contribution in [0, 0.1) is 27.7 Å². The summed E-state index contributed by atoms with van der Waals surface area (Å²) in [5.74, 6) is 0.129. The highest BCUT2D eigenvalue weighted by atomic mass is 15.3. The first kappa shape index (κ1) is 40.3. The first-order chi connectivity index (χ1) is 29.1. The van der Waals surface area contributed by atoms with Gasteiger partial charge in [-0.05, 0) is 170 Å². The monoisotopic (exact) mass is 822 g/mol. The molecule has 0 amide bonds. The average molecular weight is 822 g/mol. The quantitative estimate of drug-likeness (QED) is 0.172. The molecule has 0 spiro atoms. The van der Waals surface area contributed by atoms with Crippen LogP contribution >= 0.6 is 0 Å². The molecule has 5 aromatic carbocycles. The summed E-state index contributed by atoms with van der Waals surface area (Å²) in [6.07, 6.45) is 9.96. The van der Waals surface area contributed by atoms with E-state index in [1.54, 1.807) is 16.7 Å². The summed E-state index contributed by atoms with van der Waals surface area (Å²) in [6.45, 7) is 34.3. The maximum atomic E-state index is 2.97. The van der Waals surface area contributed by atoms with Crippen LogP contribution in [0.25, 0.3) is 0 Å². The second-order valence-electron chi connectivity index (χ2n) is 23.9. The van der Waals surface area contributed by atoms with Crippen molar-refractivity contribution in [1.29, 1.82) is 0 Å². The summed E-state index contributed by atoms with van der Waals surface area (Å²) < 4.78 is 0. The molecule has 3 nitrogen and oxygen atoms in total. The number of rotatable bonds is 2. The number of aryl methyl sites for hydroxylation is 4. The molecule has 0 aromatic heterocycles. The first-order valence-electron chi connectivity index (χ1n) is 24.2. The van der Waals surface area contributed by atoms with Crippen LogP contribution in [-0.2, 0) is 21.7 Å². The zero-order valence-electron chi connectivity index (χ0n) is 40.5. The van der Waals surface area contributed by atoms with E-state index in [0.717, 1.165) is 0 Å². The van der Waals surface area contributed by atoms with E-state index in [9.17, 15) is 0 Å². The highest BCUT2D eigenvalue weighted by Crippen LogP contribution is 2.71. The van der Waals surface area contributed by atoms with Crippen molar-refractivity contribution in [3.8, 4) is 0 Å². The lowest BCUT2D eigenvalue weighted by atomic mass is 9.60. The third-order valence-electron chi connectivity index (χ3n) is 18.2. The van der Waals surface area contributed by atoms with Gasteiger partial charge in [0.2, 0.25) is 0 Å². The lowest BCUT2D eigenvalue weighted by Crippen LogP contribution is -2.56. The Morgan fingerprint density at radius 3 is 1.77 bits per heavy atom. The van der Waals surface area contributed by atoms with Gasteiger partial charge in [-0.15, -0.1) is 0 Å². The molecule has 11 rings (SSSR count). The number of nitrogens with zero attached hydrogens (tertiary/aromatic N) is 3. The SMILES string of the molecule is Cc1cc(C)c2c(c1)N(c1cc3c4c(c1)N1c5c(c(C)cc(C)c5C5(C)CCCCC15C)C4c1ccc(C(C)(C)C)cc1N3c1cccc(C(C)(C)C)c1)C1(C)CCCCC21C. The standard InChI is InChI=1S/C59H71N3/c1-35-28-37(3)51-47(29-35)61(58(13)26-17-15-24-56(51,58)11)42-33-45-50-46(34-42)62-53-48(36(2)30-38(4)52(53)57(12)25-16-18-27-59(57,62)14)49(50)43-23-22-40(55(8,9)10)32-44(43)60(45)41-21-19-20-39(31-41)54(5,6)7/h19-23,28-34,49H,15-18,24-27H2,1-14H3. The van der Waals surface area contributed by atoms with Gasteiger partial charge in [0.15, 0.2) is 0 Å². The van der Waals surface area contributed by atoms with Crippen molar-refractivity contribution < 1.29 is 0 Å². The van der Waals surface area contributed by atoms with Crippen molar-refractivity contribution in [2.75, 3.05) is 14.7 Å². The largest absolute Gasteiger partial charge is 0.334 e. The van der Waals surface area contributed by atoms with Gasteiger partial charge in [0.05, 0.1) is 33.8 Å². The summed E-state index contributed by atoms with van der Waals surface area (Å²) in [7, 11) is 0. The zero-order valence-corrected chi connectivity index (χ0v) is 40.5. The molecule has 0 saturated heterocycles. The van der Waals surface area contributed by atoms with Crippen LogP contribution in [0.15, 0.2) is 72.8 Å². The Kier molecular flexibility index (Phi) is 8.19. The van der Waals surface area contributed by atoms with Gasteiger partial charge in [0, 0.05) is 39.4 Å². The van der Waals surface area contributed by atoms with Gasteiger partial charge >= 0.3 is 0 Å². The van der Waals surface area contributed by atoms with Crippen LogP contribution in [0.5, 0.6) is 0 Å². The predicted octanol–water partition coefficient (Wildman–Crippen LogP) is 16.3. The van der Waals surface area contributed by atoms with Crippen molar-refractivity contribution in [2.45, 2.75) is 187 Å². The van der Waals surface area contributed by atoms with E-state index in [0.29, 0.717) is 0 Å². The molecule has 0 N–H and O–H groups in total. The third kappa shape index (κ3) is 4.95. The van der Waals surface area contributed by atoms with E-state index < -0.39 is 0 Å². The number of fused-ring (bicyclic) bond motifs is 10. The minimum Gasteiger partial charge on any atom is -0.334 e. The van der Waals surface area contributed by atoms with Crippen LogP contribution in [0.4, 0.5) is 39.8 Å². The van der Waals surface area contributed by atoms with Gasteiger partial charge in [-0.25, -0.2) is 0 Å². The molecule has 4 aliphatic heterocycles. The molecule has 2 fully saturated rings. The Balaban J connectivity index is 1.31. The minimum absolute atomic E-state index is 0.000475. The molecule has 2 saturated carbocycles. The maximum Gasteiger partial charge on any atom is 0.0545 e. The van der Waals surface area contributed by atoms with Gasteiger partial charge in [0.25, 0.3) is 0 Å². The van der Waals surface area contributed by atoms with Crippen molar-refractivity contribution in [3.05, 3.63) is 134 Å². The number of benzene rings is 5. The Bertz CT molecular complexity index is 2760. The van der Waals surface area contributed by atoms with Gasteiger partial charge in [-0.2, -0.15) is 0 Å². The van der Waals surface area contributed by atoms with Crippen LogP contribution < -0.4 is 14.7 Å². The molecular formula is C59H71N3. The average Bonchev–Trinajstić information content (AvgIpc) is 3.54. The van der Waals surface area contributed by atoms with Gasteiger partial charge in [-0.3, -0.25) is 0 Å². The molecule has 322 valence electrons. The second kappa shape index (κ2) is 12.6. The normalized spacial score (nSPS) is 28.0. The van der Waals surface area contributed by atoms with Gasteiger partial charge < -0.3 is 14.7 Å². The maximum absolute atomic E-state index is 2.97. The molecule has 5 atom stereocenters. The van der Waals surface area contributed by atoms with Crippen LogP contribution in [0.1, 0.15) is 188 Å². The second-order valence-corrected chi connectivity index (χ2v) is 23.9. The zero-order chi connectivity index (χ0) is 43.8. The Morgan fingerprint density at radius 1 is 0.500 bits per heavy atom. The Labute approximate surface area is 373 Å². The highest BCUT2D eigenvalue weighted by molar-refractivity contribution is 6.00. The van der Waals surface area contributed by atoms with Crippen LogP contribution in [-0.4, -0.2) is 11.1 Å².